The summed E-state index contributed by atoms with van der Waals surface area (Å²) in [4.78, 5) is 41.0. The van der Waals surface area contributed by atoms with Crippen LogP contribution in [0.5, 0.6) is 0 Å². The molecule has 0 fully saturated rings. The number of aromatic nitrogens is 10. The molecule has 21 aromatic rings. The molecule has 0 spiro atoms. The number of hydrogen-bond acceptors (Lipinski definition) is 10. The first-order valence-electron chi connectivity index (χ1n) is 33.2. The minimum atomic E-state index is 0.406. The van der Waals surface area contributed by atoms with E-state index in [1.54, 1.807) is 0 Å². The van der Waals surface area contributed by atoms with Crippen molar-refractivity contribution in [2.75, 3.05) is 0 Å². The number of nitrogens with zero attached hydrogens (tertiary/aromatic N) is 10. The third-order valence-electron chi connectivity index (χ3n) is 19.1. The molecule has 0 N–H and O–H groups in total. The fourth-order valence-electron chi connectivity index (χ4n) is 14.6. The zero-order valence-corrected chi connectivity index (χ0v) is 53.3. The predicted octanol–water partition coefficient (Wildman–Crippen LogP) is 22.0. The first-order chi connectivity index (χ1) is 49.6. The summed E-state index contributed by atoms with van der Waals surface area (Å²) in [6.07, 6.45) is 0. The van der Waals surface area contributed by atoms with Crippen LogP contribution in [0.3, 0.4) is 0 Å². The molecule has 0 aliphatic heterocycles. The molecule has 0 bridgehead atoms. The van der Waals surface area contributed by atoms with Gasteiger partial charge >= 0.3 is 0 Å². The molecule has 100 heavy (non-hydrogen) atoms. The van der Waals surface area contributed by atoms with E-state index < -0.39 is 0 Å². The van der Waals surface area contributed by atoms with Crippen LogP contribution in [0.1, 0.15) is 0 Å². The van der Waals surface area contributed by atoms with E-state index in [4.69, 9.17) is 48.7 Å². The normalized spacial score (nSPS) is 11.8. The van der Waals surface area contributed by atoms with Gasteiger partial charge in [-0.25, -0.2) is 29.9 Å². The van der Waals surface area contributed by atoms with E-state index in [9.17, 15) is 0 Å². The first-order valence-corrected chi connectivity index (χ1v) is 33.2. The number of benzene rings is 13. The lowest BCUT2D eigenvalue weighted by atomic mass is 10.0. The smallest absolute Gasteiger partial charge is 0.231 e. The Hall–Kier alpha value is -13.8. The SMILES string of the molecule is c1ccc(-c2nc(-c3nc(-c4ccc5c(c4)c4ccccc4n5-c4ccccc4)c4ccc5ccccc5c4n3)nc3oc4ccccc4c23)cc1.c1ccc(-c2nc(-c3nc(-c4ccc5c(c4)c4ccccc4n5-c4ccccc4)c4ccccc4n3)nc3oc4ccccc4c23)cc1. The fraction of sp³-hybridized carbons (Fsp3) is 0. The predicted molar refractivity (Wildman–Crippen MR) is 404 cm³/mol. The van der Waals surface area contributed by atoms with E-state index in [1.807, 2.05) is 103 Å². The number of fused-ring (bicyclic) bond motifs is 16. The molecule has 0 radical (unpaired) electrons. The van der Waals surface area contributed by atoms with Crippen molar-refractivity contribution in [3.63, 3.8) is 0 Å². The summed E-state index contributed by atoms with van der Waals surface area (Å²) in [6, 6.07) is 108. The third-order valence-corrected chi connectivity index (χ3v) is 19.1. The number of furan rings is 2. The molecule has 13 aromatic carbocycles. The average molecular weight is 1280 g/mol. The Morgan fingerprint density at radius 1 is 0.230 bits per heavy atom. The maximum atomic E-state index is 6.37. The van der Waals surface area contributed by atoms with Crippen molar-refractivity contribution in [3.05, 3.63) is 315 Å². The standard InChI is InChI=1S/C46H27N5O.C42H25N5O/c1-3-14-29(15-4-1)42-40-34-20-10-12-22-39(34)52-46(40)50-45(48-42)44-47-41(35-25-23-28-13-7-8-18-32(28)43(35)49-44)30-24-26-38-36(27-30)33-19-9-11-21-37(33)51(38)31-16-5-2-6-17-31;1-3-13-26(14-4-1)39-37-31-19-9-12-22-36(31)48-42(37)46-41(45-39)40-43-33-20-10-7-18-30(33)38(44-40)27-23-24-35-32(25-27)29-17-8-11-21-34(29)47(35)28-15-5-2-6-16-28/h1-27H;1-25H. The number of hydrogen-bond donors (Lipinski definition) is 0. The van der Waals surface area contributed by atoms with Gasteiger partial charge in [-0.1, -0.05) is 231 Å². The molecule has 21 rings (SSSR count). The van der Waals surface area contributed by atoms with Crippen LogP contribution >= 0.6 is 0 Å². The lowest BCUT2D eigenvalue weighted by molar-refractivity contribution is 0.653. The molecule has 0 amide bonds. The molecular weight excluding hydrogens is 1230 g/mol. The Balaban J connectivity index is 0.000000135. The van der Waals surface area contributed by atoms with Crippen LogP contribution in [0.25, 0.3) is 200 Å². The molecule has 466 valence electrons. The van der Waals surface area contributed by atoms with Gasteiger partial charge in [-0.2, -0.15) is 9.97 Å². The summed E-state index contributed by atoms with van der Waals surface area (Å²) >= 11 is 0. The second kappa shape index (κ2) is 22.9. The van der Waals surface area contributed by atoms with Gasteiger partial charge in [-0.05, 0) is 90.3 Å². The second-order valence-electron chi connectivity index (χ2n) is 24.9. The Morgan fingerprint density at radius 3 is 1.15 bits per heavy atom. The zero-order valence-electron chi connectivity index (χ0n) is 53.3. The average Bonchev–Trinajstić information content (AvgIpc) is 1.44. The van der Waals surface area contributed by atoms with Gasteiger partial charge in [-0.15, -0.1) is 0 Å². The van der Waals surface area contributed by atoms with Crippen LogP contribution < -0.4 is 0 Å². The second-order valence-corrected chi connectivity index (χ2v) is 24.9. The van der Waals surface area contributed by atoms with E-state index >= 15 is 0 Å². The van der Waals surface area contributed by atoms with Crippen molar-refractivity contribution >= 4 is 120 Å². The first kappa shape index (κ1) is 56.5. The molecule has 8 aromatic heterocycles. The van der Waals surface area contributed by atoms with Crippen LogP contribution in [-0.2, 0) is 0 Å². The van der Waals surface area contributed by atoms with E-state index in [0.29, 0.717) is 34.7 Å². The molecule has 0 atom stereocenters. The quantitative estimate of drug-likeness (QED) is 0.135. The highest BCUT2D eigenvalue weighted by Gasteiger charge is 2.25. The maximum Gasteiger partial charge on any atom is 0.231 e. The van der Waals surface area contributed by atoms with E-state index in [1.165, 1.54) is 10.8 Å². The van der Waals surface area contributed by atoms with Gasteiger partial charge in [-0.3, -0.25) is 0 Å². The van der Waals surface area contributed by atoms with Gasteiger partial charge in [0.1, 0.15) is 11.2 Å². The van der Waals surface area contributed by atoms with Crippen molar-refractivity contribution in [2.45, 2.75) is 0 Å². The largest absolute Gasteiger partial charge is 0.438 e. The highest BCUT2D eigenvalue weighted by molar-refractivity contribution is 6.16. The lowest BCUT2D eigenvalue weighted by Crippen LogP contribution is -2.01. The van der Waals surface area contributed by atoms with Gasteiger partial charge < -0.3 is 18.0 Å². The Morgan fingerprint density at radius 2 is 0.620 bits per heavy atom. The zero-order chi connectivity index (χ0) is 65.8. The summed E-state index contributed by atoms with van der Waals surface area (Å²) in [5.41, 5.74) is 18.1. The summed E-state index contributed by atoms with van der Waals surface area (Å²) < 4.78 is 17.3. The van der Waals surface area contributed by atoms with Crippen molar-refractivity contribution in [1.29, 1.82) is 0 Å². The number of rotatable bonds is 8. The molecule has 12 nitrogen and oxygen atoms in total. The van der Waals surface area contributed by atoms with Gasteiger partial charge in [0.15, 0.2) is 11.6 Å². The molecule has 0 unspecified atom stereocenters. The molecule has 0 aliphatic rings. The summed E-state index contributed by atoms with van der Waals surface area (Å²) in [5, 5.41) is 12.4. The molecule has 0 aliphatic carbocycles. The summed E-state index contributed by atoms with van der Waals surface area (Å²) in [5.74, 6) is 1.69. The van der Waals surface area contributed by atoms with E-state index in [0.717, 1.165) is 155 Å². The maximum absolute atomic E-state index is 6.37. The molecule has 8 heterocycles. The van der Waals surface area contributed by atoms with Gasteiger partial charge in [0.2, 0.25) is 23.1 Å². The summed E-state index contributed by atoms with van der Waals surface area (Å²) in [7, 11) is 0. The van der Waals surface area contributed by atoms with Crippen molar-refractivity contribution in [2.24, 2.45) is 0 Å². The van der Waals surface area contributed by atoms with E-state index in [2.05, 4.69) is 221 Å². The highest BCUT2D eigenvalue weighted by atomic mass is 16.3. The molecule has 0 saturated carbocycles. The monoisotopic (exact) mass is 1280 g/mol. The molecule has 12 heteroatoms. The van der Waals surface area contributed by atoms with Crippen molar-refractivity contribution in [1.82, 2.24) is 49.0 Å². The van der Waals surface area contributed by atoms with Crippen LogP contribution in [0.2, 0.25) is 0 Å². The van der Waals surface area contributed by atoms with Crippen molar-refractivity contribution < 1.29 is 8.83 Å². The minimum absolute atomic E-state index is 0.406. The molecular formula is C88H52N10O2. The Labute approximate surface area is 570 Å². The third kappa shape index (κ3) is 9.23. The fourth-order valence-corrected chi connectivity index (χ4v) is 14.6. The highest BCUT2D eigenvalue weighted by Crippen LogP contribution is 2.43. The van der Waals surface area contributed by atoms with Crippen LogP contribution in [0, 0.1) is 0 Å². The van der Waals surface area contributed by atoms with E-state index in [-0.39, 0.29) is 0 Å². The van der Waals surface area contributed by atoms with Gasteiger partial charge in [0, 0.05) is 82.1 Å². The molecule has 0 saturated heterocycles. The van der Waals surface area contributed by atoms with Gasteiger partial charge in [0.25, 0.3) is 0 Å². The van der Waals surface area contributed by atoms with Crippen LogP contribution in [0.4, 0.5) is 0 Å². The summed E-state index contributed by atoms with van der Waals surface area (Å²) in [6.45, 7) is 0. The Bertz CT molecular complexity index is 6850. The Kier molecular flexibility index (Phi) is 13.0. The van der Waals surface area contributed by atoms with Crippen molar-refractivity contribution in [3.8, 4) is 79.7 Å². The number of para-hydroxylation sites is 7. The van der Waals surface area contributed by atoms with Crippen LogP contribution in [-0.4, -0.2) is 49.0 Å². The minimum Gasteiger partial charge on any atom is -0.438 e. The van der Waals surface area contributed by atoms with Crippen LogP contribution in [0.15, 0.2) is 324 Å². The lowest BCUT2D eigenvalue weighted by Gasteiger charge is -2.12. The topological polar surface area (TPSA) is 139 Å². The van der Waals surface area contributed by atoms with Gasteiger partial charge in [0.05, 0.1) is 66.6 Å².